The van der Waals surface area contributed by atoms with Crippen molar-refractivity contribution >= 4 is 11.6 Å². The number of nitrogens with one attached hydrogen (secondary N) is 1. The van der Waals surface area contributed by atoms with E-state index in [1.807, 2.05) is 24.0 Å². The van der Waals surface area contributed by atoms with Gasteiger partial charge in [0.2, 0.25) is 0 Å². The van der Waals surface area contributed by atoms with Gasteiger partial charge in [-0.25, -0.2) is 0 Å². The average Bonchev–Trinajstić information content (AvgIpc) is 2.76. The fourth-order valence-corrected chi connectivity index (χ4v) is 2.47. The number of rotatable bonds is 3. The Morgan fingerprint density at radius 2 is 2.28 bits per heavy atom. The fourth-order valence-electron chi connectivity index (χ4n) is 2.47. The quantitative estimate of drug-likeness (QED) is 0.889. The van der Waals surface area contributed by atoms with Crippen molar-refractivity contribution in [1.29, 1.82) is 0 Å². The fraction of sp³-hybridized carbons (Fsp3) is 0.533. The number of aryl methyl sites for hydroxylation is 1. The Hall–Kier alpha value is -1.51. The third kappa shape index (κ3) is 2.66. The van der Waals surface area contributed by atoms with Gasteiger partial charge in [0, 0.05) is 25.3 Å². The molecule has 1 heterocycles. The van der Waals surface area contributed by atoms with E-state index in [1.54, 1.807) is 0 Å². The zero-order chi connectivity index (χ0) is 13.1. The summed E-state index contributed by atoms with van der Waals surface area (Å²) in [5.74, 6) is 0.789. The van der Waals surface area contributed by atoms with Gasteiger partial charge in [0.25, 0.3) is 5.91 Å². The number of nitrogens with zero attached hydrogens (tertiary/aromatic N) is 1. The molecule has 1 unspecified atom stereocenters. The Kier molecular flexibility index (Phi) is 3.90. The van der Waals surface area contributed by atoms with E-state index in [2.05, 4.69) is 25.2 Å². The average molecular weight is 246 g/mol. The molecule has 3 heteroatoms. The minimum atomic E-state index is 0.162. The molecule has 1 aromatic rings. The highest BCUT2D eigenvalue weighted by molar-refractivity contribution is 5.99. The summed E-state index contributed by atoms with van der Waals surface area (Å²) in [5.41, 5.74) is 2.94. The van der Waals surface area contributed by atoms with Gasteiger partial charge in [0.15, 0.2) is 0 Å². The van der Waals surface area contributed by atoms with Gasteiger partial charge in [-0.15, -0.1) is 0 Å². The van der Waals surface area contributed by atoms with Crippen LogP contribution in [0.3, 0.4) is 0 Å². The first-order chi connectivity index (χ1) is 8.61. The maximum Gasteiger partial charge on any atom is 0.255 e. The number of likely N-dealkylation sites (tertiary alicyclic amines) is 1. The van der Waals surface area contributed by atoms with Crippen molar-refractivity contribution in [3.63, 3.8) is 0 Å². The molecule has 18 heavy (non-hydrogen) atoms. The predicted molar refractivity (Wildman–Crippen MR) is 75.0 cm³/mol. The van der Waals surface area contributed by atoms with E-state index in [4.69, 9.17) is 0 Å². The number of hydrogen-bond acceptors (Lipinski definition) is 2. The Balaban J connectivity index is 2.23. The molecule has 98 valence electrons. The molecule has 0 aliphatic carbocycles. The SMILES string of the molecule is CCNc1cc(C)ccc1C(=O)N1CCC(C)C1. The van der Waals surface area contributed by atoms with Crippen molar-refractivity contribution in [2.24, 2.45) is 5.92 Å². The minimum absolute atomic E-state index is 0.162. The Morgan fingerprint density at radius 1 is 1.50 bits per heavy atom. The van der Waals surface area contributed by atoms with Gasteiger partial charge in [0.1, 0.15) is 0 Å². The van der Waals surface area contributed by atoms with Crippen LogP contribution in [0, 0.1) is 12.8 Å². The summed E-state index contributed by atoms with van der Waals surface area (Å²) in [6.45, 7) is 8.91. The molecule has 0 spiro atoms. The second-order valence-corrected chi connectivity index (χ2v) is 5.22. The number of carbonyl (C=O) groups is 1. The summed E-state index contributed by atoms with van der Waals surface area (Å²) in [7, 11) is 0. The highest BCUT2D eigenvalue weighted by atomic mass is 16.2. The highest BCUT2D eigenvalue weighted by Crippen LogP contribution is 2.23. The van der Waals surface area contributed by atoms with Gasteiger partial charge in [-0.05, 0) is 43.9 Å². The van der Waals surface area contributed by atoms with Crippen molar-refractivity contribution in [1.82, 2.24) is 4.90 Å². The van der Waals surface area contributed by atoms with E-state index in [1.165, 1.54) is 5.56 Å². The second-order valence-electron chi connectivity index (χ2n) is 5.22. The van der Waals surface area contributed by atoms with Gasteiger partial charge in [-0.2, -0.15) is 0 Å². The van der Waals surface area contributed by atoms with E-state index < -0.39 is 0 Å². The molecule has 1 fully saturated rings. The van der Waals surface area contributed by atoms with Crippen LogP contribution in [0.5, 0.6) is 0 Å². The van der Waals surface area contributed by atoms with Crippen molar-refractivity contribution in [3.05, 3.63) is 29.3 Å². The zero-order valence-electron chi connectivity index (χ0n) is 11.5. The summed E-state index contributed by atoms with van der Waals surface area (Å²) >= 11 is 0. The summed E-state index contributed by atoms with van der Waals surface area (Å²) in [5, 5.41) is 3.29. The smallest absolute Gasteiger partial charge is 0.255 e. The summed E-state index contributed by atoms with van der Waals surface area (Å²) in [6, 6.07) is 6.00. The van der Waals surface area contributed by atoms with Crippen molar-refractivity contribution < 1.29 is 4.79 Å². The van der Waals surface area contributed by atoms with Gasteiger partial charge in [0.05, 0.1) is 5.56 Å². The lowest BCUT2D eigenvalue weighted by Gasteiger charge is -2.19. The first kappa shape index (κ1) is 12.9. The van der Waals surface area contributed by atoms with Gasteiger partial charge in [-0.1, -0.05) is 13.0 Å². The molecule has 3 nitrogen and oxygen atoms in total. The van der Waals surface area contributed by atoms with E-state index in [0.29, 0.717) is 5.92 Å². The number of hydrogen-bond donors (Lipinski definition) is 1. The van der Waals surface area contributed by atoms with Crippen LogP contribution in [0.25, 0.3) is 0 Å². The highest BCUT2D eigenvalue weighted by Gasteiger charge is 2.25. The standard InChI is InChI=1S/C15H22N2O/c1-4-16-14-9-11(2)5-6-13(14)15(18)17-8-7-12(3)10-17/h5-6,9,12,16H,4,7-8,10H2,1-3H3. The topological polar surface area (TPSA) is 32.3 Å². The van der Waals surface area contributed by atoms with Crippen LogP contribution >= 0.6 is 0 Å². The number of amides is 1. The van der Waals surface area contributed by atoms with E-state index in [-0.39, 0.29) is 5.91 Å². The lowest BCUT2D eigenvalue weighted by Crippen LogP contribution is -2.29. The third-order valence-corrected chi connectivity index (χ3v) is 3.48. The van der Waals surface area contributed by atoms with Crippen molar-refractivity contribution in [2.45, 2.75) is 27.2 Å². The monoisotopic (exact) mass is 246 g/mol. The molecule has 1 N–H and O–H groups in total. The summed E-state index contributed by atoms with van der Waals surface area (Å²) < 4.78 is 0. The normalized spacial score (nSPS) is 19.1. The molecule has 1 aliphatic heterocycles. The van der Waals surface area contributed by atoms with Gasteiger partial charge >= 0.3 is 0 Å². The maximum atomic E-state index is 12.5. The number of anilines is 1. The molecule has 1 aliphatic rings. The van der Waals surface area contributed by atoms with E-state index in [0.717, 1.165) is 37.3 Å². The van der Waals surface area contributed by atoms with Gasteiger partial charge in [-0.3, -0.25) is 4.79 Å². The Labute approximate surface area is 109 Å². The van der Waals surface area contributed by atoms with Crippen LogP contribution in [0.1, 0.15) is 36.2 Å². The molecule has 1 saturated heterocycles. The van der Waals surface area contributed by atoms with E-state index >= 15 is 0 Å². The molecule has 0 bridgehead atoms. The van der Waals surface area contributed by atoms with Crippen LogP contribution in [0.15, 0.2) is 18.2 Å². The Bertz CT molecular complexity index is 442. The molecule has 1 aromatic carbocycles. The first-order valence-electron chi connectivity index (χ1n) is 6.75. The van der Waals surface area contributed by atoms with Crippen LogP contribution in [0.2, 0.25) is 0 Å². The molecular weight excluding hydrogens is 224 g/mol. The molecule has 1 atom stereocenters. The van der Waals surface area contributed by atoms with Crippen molar-refractivity contribution in [3.8, 4) is 0 Å². The lowest BCUT2D eigenvalue weighted by molar-refractivity contribution is 0.0789. The summed E-state index contributed by atoms with van der Waals surface area (Å²) in [4.78, 5) is 14.5. The maximum absolute atomic E-state index is 12.5. The molecule has 0 saturated carbocycles. The second kappa shape index (κ2) is 5.42. The predicted octanol–water partition coefficient (Wildman–Crippen LogP) is 2.91. The van der Waals surface area contributed by atoms with Crippen LogP contribution in [-0.2, 0) is 0 Å². The minimum Gasteiger partial charge on any atom is -0.385 e. The molecule has 1 amide bonds. The Morgan fingerprint density at radius 3 is 2.89 bits per heavy atom. The molecule has 0 radical (unpaired) electrons. The molecular formula is C15H22N2O. The number of carbonyl (C=O) groups excluding carboxylic acids is 1. The largest absolute Gasteiger partial charge is 0.385 e. The van der Waals surface area contributed by atoms with Crippen LogP contribution in [-0.4, -0.2) is 30.4 Å². The molecule has 2 rings (SSSR count). The molecule has 0 aromatic heterocycles. The van der Waals surface area contributed by atoms with Crippen molar-refractivity contribution in [2.75, 3.05) is 25.0 Å². The van der Waals surface area contributed by atoms with E-state index in [9.17, 15) is 4.79 Å². The number of benzene rings is 1. The lowest BCUT2D eigenvalue weighted by atomic mass is 10.1. The van der Waals surface area contributed by atoms with Gasteiger partial charge < -0.3 is 10.2 Å². The summed E-state index contributed by atoms with van der Waals surface area (Å²) in [6.07, 6.45) is 1.12. The first-order valence-corrected chi connectivity index (χ1v) is 6.75. The zero-order valence-corrected chi connectivity index (χ0v) is 11.5. The van der Waals surface area contributed by atoms with Crippen LogP contribution in [0.4, 0.5) is 5.69 Å². The third-order valence-electron chi connectivity index (χ3n) is 3.48. The van der Waals surface area contributed by atoms with Crippen LogP contribution < -0.4 is 5.32 Å².